The Morgan fingerprint density at radius 1 is 0.875 bits per heavy atom. The largest absolute Gasteiger partial charge is 0.197 e. The molecule has 0 bridgehead atoms. The Morgan fingerprint density at radius 2 is 1.25 bits per heavy atom. The number of aromatic nitrogens is 2. The van der Waals surface area contributed by atoms with Gasteiger partial charge in [0.05, 0.1) is 0 Å². The van der Waals surface area contributed by atoms with Crippen molar-refractivity contribution in [3.05, 3.63) is 24.5 Å². The molecule has 0 saturated heterocycles. The first-order valence-electron chi connectivity index (χ1n) is 1.72. The van der Waals surface area contributed by atoms with Crippen molar-refractivity contribution in [3.63, 3.8) is 0 Å². The summed E-state index contributed by atoms with van der Waals surface area (Å²) in [5.41, 5.74) is 0. The average Bonchev–Trinajstić information content (AvgIpc) is 1.72. The minimum atomic E-state index is 0. The molecule has 0 aliphatic rings. The Labute approximate surface area is 70.7 Å². The molecule has 1 rings (SSSR count). The molecule has 0 N–H and O–H groups in total. The van der Waals surface area contributed by atoms with Crippen LogP contribution < -0.4 is 0 Å². The first kappa shape index (κ1) is 11.0. The second-order valence-corrected chi connectivity index (χ2v) is 0.914. The second kappa shape index (κ2) is 7.17. The molecule has 0 aliphatic carbocycles. The van der Waals surface area contributed by atoms with Crippen LogP contribution in [0.15, 0.2) is 24.5 Å². The van der Waals surface area contributed by atoms with Crippen molar-refractivity contribution in [2.45, 2.75) is 0 Å². The van der Waals surface area contributed by atoms with Crippen molar-refractivity contribution >= 4 is 13.5 Å². The summed E-state index contributed by atoms with van der Waals surface area (Å²) in [5.74, 6) is 0. The molecule has 49 valence electrons. The fourth-order valence-electron chi connectivity index (χ4n) is 0.253. The SMILES string of the molecule is S.[Ag].c1ccnnc1. The van der Waals surface area contributed by atoms with Gasteiger partial charge in [-0.1, -0.05) is 0 Å². The molecule has 1 aromatic rings. The third-order valence-electron chi connectivity index (χ3n) is 0.483. The van der Waals surface area contributed by atoms with Crippen molar-refractivity contribution in [3.8, 4) is 0 Å². The topological polar surface area (TPSA) is 25.8 Å². The van der Waals surface area contributed by atoms with Gasteiger partial charge in [0.2, 0.25) is 0 Å². The summed E-state index contributed by atoms with van der Waals surface area (Å²) < 4.78 is 0. The summed E-state index contributed by atoms with van der Waals surface area (Å²) in [4.78, 5) is 0. The molecule has 8 heavy (non-hydrogen) atoms. The maximum atomic E-state index is 3.53. The molecule has 0 amide bonds. The molecule has 0 aliphatic heterocycles. The zero-order chi connectivity index (χ0) is 4.24. The maximum Gasteiger partial charge on any atom is 0.0496 e. The fraction of sp³-hybridized carbons (Fsp3) is 0. The van der Waals surface area contributed by atoms with E-state index in [2.05, 4.69) is 10.2 Å². The molecule has 4 heteroatoms. The summed E-state index contributed by atoms with van der Waals surface area (Å²) in [6.45, 7) is 0. The van der Waals surface area contributed by atoms with Crippen LogP contribution in [0.2, 0.25) is 0 Å². The van der Waals surface area contributed by atoms with Crippen LogP contribution in [0.25, 0.3) is 0 Å². The minimum absolute atomic E-state index is 0. The van der Waals surface area contributed by atoms with Crippen molar-refractivity contribution in [2.24, 2.45) is 0 Å². The van der Waals surface area contributed by atoms with E-state index in [1.165, 1.54) is 0 Å². The number of nitrogens with zero attached hydrogens (tertiary/aromatic N) is 2. The van der Waals surface area contributed by atoms with Gasteiger partial charge >= 0.3 is 0 Å². The van der Waals surface area contributed by atoms with Gasteiger partial charge in [0, 0.05) is 34.8 Å². The standard InChI is InChI=1S/C4H4N2.Ag.H2S/c1-2-4-6-5-3-1;;/h1-4H;;1H2. The molecule has 0 fully saturated rings. The van der Waals surface area contributed by atoms with Crippen molar-refractivity contribution in [1.29, 1.82) is 0 Å². The van der Waals surface area contributed by atoms with Crippen LogP contribution in [0, 0.1) is 0 Å². The summed E-state index contributed by atoms with van der Waals surface area (Å²) in [7, 11) is 0. The van der Waals surface area contributed by atoms with E-state index in [1.807, 2.05) is 12.1 Å². The molecule has 0 spiro atoms. The van der Waals surface area contributed by atoms with Crippen LogP contribution in [0.3, 0.4) is 0 Å². The van der Waals surface area contributed by atoms with Gasteiger partial charge < -0.3 is 0 Å². The van der Waals surface area contributed by atoms with Gasteiger partial charge in [-0.3, -0.25) is 0 Å². The number of hydrogen-bond donors (Lipinski definition) is 0. The smallest absolute Gasteiger partial charge is 0.0496 e. The van der Waals surface area contributed by atoms with E-state index in [0.29, 0.717) is 0 Å². The Hall–Kier alpha value is 0.170. The van der Waals surface area contributed by atoms with Gasteiger partial charge in [0.1, 0.15) is 0 Å². The molecule has 1 heterocycles. The van der Waals surface area contributed by atoms with Crippen LogP contribution in [0.1, 0.15) is 0 Å². The Kier molecular flexibility index (Phi) is 9.89. The summed E-state index contributed by atoms with van der Waals surface area (Å²) in [5, 5.41) is 7.07. The minimum Gasteiger partial charge on any atom is -0.197 e. The molecule has 2 nitrogen and oxygen atoms in total. The predicted molar refractivity (Wildman–Crippen MR) is 32.4 cm³/mol. The van der Waals surface area contributed by atoms with E-state index in [4.69, 9.17) is 0 Å². The molecule has 0 saturated carbocycles. The first-order valence-corrected chi connectivity index (χ1v) is 1.72. The summed E-state index contributed by atoms with van der Waals surface area (Å²) in [6, 6.07) is 3.65. The molecule has 0 aromatic carbocycles. The number of rotatable bonds is 0. The van der Waals surface area contributed by atoms with Crippen molar-refractivity contribution in [1.82, 2.24) is 10.2 Å². The Bertz CT molecular complexity index is 86.0. The van der Waals surface area contributed by atoms with Gasteiger partial charge in [-0.25, -0.2) is 0 Å². The molecule has 1 aromatic heterocycles. The average molecular weight is 222 g/mol. The van der Waals surface area contributed by atoms with Crippen LogP contribution >= 0.6 is 13.5 Å². The Morgan fingerprint density at radius 3 is 1.38 bits per heavy atom. The van der Waals surface area contributed by atoms with Gasteiger partial charge in [-0.15, -0.1) is 0 Å². The third-order valence-corrected chi connectivity index (χ3v) is 0.483. The molecule has 0 unspecified atom stereocenters. The van der Waals surface area contributed by atoms with E-state index < -0.39 is 0 Å². The van der Waals surface area contributed by atoms with Crippen molar-refractivity contribution < 1.29 is 22.4 Å². The van der Waals surface area contributed by atoms with Crippen LogP contribution in [0.5, 0.6) is 0 Å². The summed E-state index contributed by atoms with van der Waals surface area (Å²) >= 11 is 0. The van der Waals surface area contributed by atoms with Crippen LogP contribution in [0.4, 0.5) is 0 Å². The molecule has 0 atom stereocenters. The van der Waals surface area contributed by atoms with E-state index in [9.17, 15) is 0 Å². The Balaban J connectivity index is 0. The van der Waals surface area contributed by atoms with Gasteiger partial charge in [-0.05, 0) is 12.1 Å². The maximum absolute atomic E-state index is 3.53. The first-order chi connectivity index (χ1) is 3.00. The van der Waals surface area contributed by atoms with E-state index in [0.717, 1.165) is 0 Å². The fourth-order valence-corrected chi connectivity index (χ4v) is 0.253. The van der Waals surface area contributed by atoms with Crippen LogP contribution in [-0.4, -0.2) is 10.2 Å². The van der Waals surface area contributed by atoms with Gasteiger partial charge in [0.15, 0.2) is 0 Å². The van der Waals surface area contributed by atoms with E-state index in [-0.39, 0.29) is 35.9 Å². The zero-order valence-corrected chi connectivity index (χ0v) is 6.49. The van der Waals surface area contributed by atoms with Gasteiger partial charge in [0.25, 0.3) is 0 Å². The second-order valence-electron chi connectivity index (χ2n) is 0.914. The molecular weight excluding hydrogens is 216 g/mol. The van der Waals surface area contributed by atoms with E-state index >= 15 is 0 Å². The quantitative estimate of drug-likeness (QED) is 0.600. The normalized spacial score (nSPS) is 6.00. The van der Waals surface area contributed by atoms with E-state index in [1.54, 1.807) is 12.4 Å². The monoisotopic (exact) mass is 221 g/mol. The zero-order valence-electron chi connectivity index (χ0n) is 4.01. The summed E-state index contributed by atoms with van der Waals surface area (Å²) in [6.07, 6.45) is 3.28. The molecule has 1 radical (unpaired) electrons. The third kappa shape index (κ3) is 4.33. The van der Waals surface area contributed by atoms with Crippen LogP contribution in [-0.2, 0) is 22.4 Å². The predicted octanol–water partition coefficient (Wildman–Crippen LogP) is 0.587. The number of hydrogen-bond acceptors (Lipinski definition) is 2. The van der Waals surface area contributed by atoms with Gasteiger partial charge in [-0.2, -0.15) is 23.7 Å². The van der Waals surface area contributed by atoms with Crippen molar-refractivity contribution in [2.75, 3.05) is 0 Å². The molecular formula is C4H6AgN2S.